The van der Waals surface area contributed by atoms with Crippen molar-refractivity contribution in [3.8, 4) is 0 Å². The average molecular weight is 257 g/mol. The van der Waals surface area contributed by atoms with Crippen LogP contribution in [0.2, 0.25) is 0 Å². The third-order valence-corrected chi connectivity index (χ3v) is 3.21. The molecule has 0 unspecified atom stereocenters. The summed E-state index contributed by atoms with van der Waals surface area (Å²) in [6.45, 7) is 10.4. The lowest BCUT2D eigenvalue weighted by Gasteiger charge is -2.19. The van der Waals surface area contributed by atoms with E-state index >= 15 is 0 Å². The molecule has 0 atom stereocenters. The summed E-state index contributed by atoms with van der Waals surface area (Å²) in [6, 6.07) is 8.67. The second-order valence-electron chi connectivity index (χ2n) is 5.05. The predicted molar refractivity (Wildman–Crippen MR) is 86.1 cm³/mol. The Balaban J connectivity index is 2.53. The number of aryl methyl sites for hydroxylation is 1. The van der Waals surface area contributed by atoms with Crippen LogP contribution in [0, 0.1) is 6.92 Å². The standard InChI is InChI=1S/C18H27N/c1-4-6-8-15-19(14-7-5-2)16-13-18-11-9-17(3)10-12-18/h4,9-13,16H,1,5-8,14-15H2,2-3H3/b16-13+. The highest BCUT2D eigenvalue weighted by atomic mass is 15.1. The minimum atomic E-state index is 1.10. The highest BCUT2D eigenvalue weighted by Crippen LogP contribution is 2.07. The summed E-state index contributed by atoms with van der Waals surface area (Å²) >= 11 is 0. The third kappa shape index (κ3) is 6.85. The highest BCUT2D eigenvalue weighted by molar-refractivity contribution is 5.49. The molecular weight excluding hydrogens is 230 g/mol. The molecule has 19 heavy (non-hydrogen) atoms. The van der Waals surface area contributed by atoms with Crippen molar-refractivity contribution in [2.75, 3.05) is 13.1 Å². The normalized spacial score (nSPS) is 10.8. The van der Waals surface area contributed by atoms with Crippen LogP contribution >= 0.6 is 0 Å². The molecule has 1 heteroatoms. The van der Waals surface area contributed by atoms with Crippen LogP contribution in [0.4, 0.5) is 0 Å². The Bertz CT molecular complexity index is 375. The van der Waals surface area contributed by atoms with Crippen molar-refractivity contribution in [1.82, 2.24) is 4.90 Å². The SMILES string of the molecule is C=CCCCN(/C=C/c1ccc(C)cc1)CCCC. The molecule has 0 spiro atoms. The zero-order valence-electron chi connectivity index (χ0n) is 12.4. The second-order valence-corrected chi connectivity index (χ2v) is 5.05. The molecule has 1 nitrogen and oxygen atoms in total. The Morgan fingerprint density at radius 3 is 2.42 bits per heavy atom. The smallest absolute Gasteiger partial charge is 0.0175 e. The summed E-state index contributed by atoms with van der Waals surface area (Å²) in [5, 5.41) is 0. The fraction of sp³-hybridized carbons (Fsp3) is 0.444. The maximum atomic E-state index is 3.78. The van der Waals surface area contributed by atoms with E-state index in [1.165, 1.54) is 30.4 Å². The first-order valence-corrected chi connectivity index (χ1v) is 7.36. The van der Waals surface area contributed by atoms with Gasteiger partial charge in [-0.3, -0.25) is 0 Å². The van der Waals surface area contributed by atoms with E-state index in [1.54, 1.807) is 0 Å². The van der Waals surface area contributed by atoms with Gasteiger partial charge >= 0.3 is 0 Å². The largest absolute Gasteiger partial charge is 0.377 e. The summed E-state index contributed by atoms with van der Waals surface area (Å²) in [7, 11) is 0. The van der Waals surface area contributed by atoms with Gasteiger partial charge in [0, 0.05) is 13.1 Å². The number of benzene rings is 1. The van der Waals surface area contributed by atoms with Gasteiger partial charge in [-0.2, -0.15) is 0 Å². The molecule has 0 aliphatic heterocycles. The van der Waals surface area contributed by atoms with Crippen LogP contribution in [0.5, 0.6) is 0 Å². The van der Waals surface area contributed by atoms with Crippen molar-refractivity contribution in [1.29, 1.82) is 0 Å². The van der Waals surface area contributed by atoms with Crippen molar-refractivity contribution >= 4 is 6.08 Å². The van der Waals surface area contributed by atoms with Crippen molar-refractivity contribution < 1.29 is 0 Å². The maximum absolute atomic E-state index is 3.78. The molecule has 104 valence electrons. The van der Waals surface area contributed by atoms with Crippen molar-refractivity contribution in [2.24, 2.45) is 0 Å². The van der Waals surface area contributed by atoms with E-state index in [0.29, 0.717) is 0 Å². The molecule has 0 fully saturated rings. The van der Waals surface area contributed by atoms with Crippen molar-refractivity contribution in [3.05, 3.63) is 54.2 Å². The Morgan fingerprint density at radius 2 is 1.79 bits per heavy atom. The van der Waals surface area contributed by atoms with E-state index in [4.69, 9.17) is 0 Å². The first kappa shape index (κ1) is 15.6. The number of allylic oxidation sites excluding steroid dienone is 1. The first-order chi connectivity index (χ1) is 9.26. The minimum Gasteiger partial charge on any atom is -0.377 e. The predicted octanol–water partition coefficient (Wildman–Crippen LogP) is 5.03. The lowest BCUT2D eigenvalue weighted by molar-refractivity contribution is 0.365. The van der Waals surface area contributed by atoms with Gasteiger partial charge in [0.2, 0.25) is 0 Å². The molecule has 0 amide bonds. The van der Waals surface area contributed by atoms with E-state index in [2.05, 4.69) is 61.9 Å². The van der Waals surface area contributed by atoms with Crippen LogP contribution < -0.4 is 0 Å². The van der Waals surface area contributed by atoms with E-state index in [9.17, 15) is 0 Å². The Labute approximate surface area is 118 Å². The van der Waals surface area contributed by atoms with Crippen LogP contribution in [0.1, 0.15) is 43.7 Å². The highest BCUT2D eigenvalue weighted by Gasteiger charge is 1.98. The number of nitrogens with zero attached hydrogens (tertiary/aromatic N) is 1. The van der Waals surface area contributed by atoms with Crippen molar-refractivity contribution in [2.45, 2.75) is 39.5 Å². The maximum Gasteiger partial charge on any atom is 0.0175 e. The molecule has 0 bridgehead atoms. The molecule has 1 rings (SSSR count). The third-order valence-electron chi connectivity index (χ3n) is 3.21. The summed E-state index contributed by atoms with van der Waals surface area (Å²) in [5.41, 5.74) is 2.58. The summed E-state index contributed by atoms with van der Waals surface area (Å²) < 4.78 is 0. The lowest BCUT2D eigenvalue weighted by atomic mass is 10.1. The number of hydrogen-bond acceptors (Lipinski definition) is 1. The molecule has 0 saturated carbocycles. The van der Waals surface area contributed by atoms with E-state index in [1.807, 2.05) is 6.08 Å². The van der Waals surface area contributed by atoms with E-state index < -0.39 is 0 Å². The van der Waals surface area contributed by atoms with Gasteiger partial charge in [0.15, 0.2) is 0 Å². The lowest BCUT2D eigenvalue weighted by Crippen LogP contribution is -2.19. The topological polar surface area (TPSA) is 3.24 Å². The summed E-state index contributed by atoms with van der Waals surface area (Å²) in [6.07, 6.45) is 11.2. The molecule has 0 aliphatic carbocycles. The molecular formula is C18H27N. The molecule has 0 aromatic heterocycles. The Morgan fingerprint density at radius 1 is 1.11 bits per heavy atom. The number of unbranched alkanes of at least 4 members (excludes halogenated alkanes) is 2. The first-order valence-electron chi connectivity index (χ1n) is 7.36. The molecule has 1 aromatic rings. The molecule has 0 saturated heterocycles. The van der Waals surface area contributed by atoms with Gasteiger partial charge in [-0.25, -0.2) is 0 Å². The van der Waals surface area contributed by atoms with Gasteiger partial charge in [-0.15, -0.1) is 6.58 Å². The van der Waals surface area contributed by atoms with Gasteiger partial charge < -0.3 is 4.90 Å². The summed E-state index contributed by atoms with van der Waals surface area (Å²) in [5.74, 6) is 0. The zero-order chi connectivity index (χ0) is 13.9. The zero-order valence-corrected chi connectivity index (χ0v) is 12.4. The van der Waals surface area contributed by atoms with Gasteiger partial charge in [0.05, 0.1) is 0 Å². The number of hydrogen-bond donors (Lipinski definition) is 0. The van der Waals surface area contributed by atoms with Crippen LogP contribution in [0.3, 0.4) is 0 Å². The van der Waals surface area contributed by atoms with Gasteiger partial charge in [-0.05, 0) is 44.0 Å². The fourth-order valence-corrected chi connectivity index (χ4v) is 1.93. The molecule has 0 radical (unpaired) electrons. The Hall–Kier alpha value is -1.50. The average Bonchev–Trinajstić information content (AvgIpc) is 2.43. The fourth-order valence-electron chi connectivity index (χ4n) is 1.93. The second kappa shape index (κ2) is 9.43. The van der Waals surface area contributed by atoms with Crippen molar-refractivity contribution in [3.63, 3.8) is 0 Å². The molecule has 0 aliphatic rings. The van der Waals surface area contributed by atoms with E-state index in [-0.39, 0.29) is 0 Å². The molecule has 1 aromatic carbocycles. The number of rotatable bonds is 9. The minimum absolute atomic E-state index is 1.10. The summed E-state index contributed by atoms with van der Waals surface area (Å²) in [4.78, 5) is 2.42. The molecule has 0 heterocycles. The van der Waals surface area contributed by atoms with E-state index in [0.717, 1.165) is 19.5 Å². The Kier molecular flexibility index (Phi) is 7.72. The van der Waals surface area contributed by atoms with Gasteiger partial charge in [0.25, 0.3) is 0 Å². The van der Waals surface area contributed by atoms with Gasteiger partial charge in [0.1, 0.15) is 0 Å². The quantitative estimate of drug-likeness (QED) is 0.443. The monoisotopic (exact) mass is 257 g/mol. The van der Waals surface area contributed by atoms with Crippen LogP contribution in [-0.2, 0) is 0 Å². The molecule has 0 N–H and O–H groups in total. The van der Waals surface area contributed by atoms with Gasteiger partial charge in [-0.1, -0.05) is 49.2 Å². The van der Waals surface area contributed by atoms with Crippen LogP contribution in [-0.4, -0.2) is 18.0 Å². The van der Waals surface area contributed by atoms with Crippen LogP contribution in [0.25, 0.3) is 6.08 Å². The van der Waals surface area contributed by atoms with Crippen LogP contribution in [0.15, 0.2) is 43.1 Å².